The highest BCUT2D eigenvalue weighted by atomic mass is 16.4. The summed E-state index contributed by atoms with van der Waals surface area (Å²) < 4.78 is 0. The van der Waals surface area contributed by atoms with Crippen molar-refractivity contribution in [2.24, 2.45) is 0 Å². The van der Waals surface area contributed by atoms with Crippen molar-refractivity contribution in [1.29, 1.82) is 0 Å². The molecule has 1 fully saturated rings. The molecule has 0 aliphatic carbocycles. The SMILES string of the molecule is CC(C)(C)c1ccc(N2C(=O)N(Cc3ccnc(NC(=O)O)c3)C(C)(C)C2=O)cc1. The number of amides is 4. The molecule has 2 heterocycles. The standard InChI is InChI=1S/C22H26N4O4/c1-21(2,3)15-6-8-16(9-7-15)26-18(27)22(4,5)25(20(26)30)13-14-10-11-23-17(12-14)24-19(28)29/h6-12H,13H2,1-5H3,(H,23,24)(H,28,29). The van der Waals surface area contributed by atoms with Crippen LogP contribution in [0.5, 0.6) is 0 Å². The van der Waals surface area contributed by atoms with Crippen molar-refractivity contribution in [3.05, 3.63) is 53.7 Å². The van der Waals surface area contributed by atoms with E-state index in [0.717, 1.165) is 5.56 Å². The normalized spacial score (nSPS) is 16.2. The zero-order chi connectivity index (χ0) is 22.3. The molecule has 3 rings (SSSR count). The summed E-state index contributed by atoms with van der Waals surface area (Å²) >= 11 is 0. The Labute approximate surface area is 175 Å². The third-order valence-electron chi connectivity index (χ3n) is 5.22. The van der Waals surface area contributed by atoms with E-state index in [2.05, 4.69) is 31.1 Å². The first kappa shape index (κ1) is 21.3. The van der Waals surface area contributed by atoms with Gasteiger partial charge in [-0.25, -0.2) is 19.5 Å². The molecular weight excluding hydrogens is 384 g/mol. The van der Waals surface area contributed by atoms with E-state index in [1.54, 1.807) is 38.1 Å². The van der Waals surface area contributed by atoms with E-state index in [1.165, 1.54) is 16.0 Å². The molecule has 2 aromatic rings. The van der Waals surface area contributed by atoms with Crippen molar-refractivity contribution < 1.29 is 19.5 Å². The molecule has 0 bridgehead atoms. The first-order chi connectivity index (χ1) is 13.9. The molecule has 2 N–H and O–H groups in total. The fourth-order valence-electron chi connectivity index (χ4n) is 3.37. The second-order valence-electron chi connectivity index (χ2n) is 8.84. The van der Waals surface area contributed by atoms with Gasteiger partial charge in [-0.05, 0) is 54.7 Å². The fraction of sp³-hybridized carbons (Fsp3) is 0.364. The Kier molecular flexibility index (Phi) is 5.28. The summed E-state index contributed by atoms with van der Waals surface area (Å²) in [6.07, 6.45) is 0.233. The molecule has 0 radical (unpaired) electrons. The summed E-state index contributed by atoms with van der Waals surface area (Å²) in [5, 5.41) is 11.1. The van der Waals surface area contributed by atoms with Crippen LogP contribution < -0.4 is 10.2 Å². The molecule has 8 heteroatoms. The topological polar surface area (TPSA) is 103 Å². The molecule has 1 aromatic carbocycles. The summed E-state index contributed by atoms with van der Waals surface area (Å²) in [6, 6.07) is 10.2. The minimum atomic E-state index is -1.22. The van der Waals surface area contributed by atoms with E-state index in [0.29, 0.717) is 11.3 Å². The quantitative estimate of drug-likeness (QED) is 0.735. The van der Waals surface area contributed by atoms with Gasteiger partial charge in [0.1, 0.15) is 11.4 Å². The van der Waals surface area contributed by atoms with Crippen LogP contribution >= 0.6 is 0 Å². The van der Waals surface area contributed by atoms with Gasteiger partial charge < -0.3 is 10.0 Å². The lowest BCUT2D eigenvalue weighted by Gasteiger charge is -2.27. The molecular formula is C22H26N4O4. The number of anilines is 2. The van der Waals surface area contributed by atoms with Crippen LogP contribution in [-0.2, 0) is 16.8 Å². The zero-order valence-electron chi connectivity index (χ0n) is 17.8. The van der Waals surface area contributed by atoms with E-state index in [1.807, 2.05) is 12.1 Å². The molecule has 1 aromatic heterocycles. The molecule has 158 valence electrons. The molecule has 0 spiro atoms. The van der Waals surface area contributed by atoms with Gasteiger partial charge >= 0.3 is 12.1 Å². The number of pyridine rings is 1. The highest BCUT2D eigenvalue weighted by Gasteiger charge is 2.51. The number of rotatable bonds is 4. The van der Waals surface area contributed by atoms with Crippen LogP contribution in [0.25, 0.3) is 0 Å². The number of carbonyl (C=O) groups excluding carboxylic acids is 2. The van der Waals surface area contributed by atoms with Crippen LogP contribution in [-0.4, -0.2) is 38.6 Å². The predicted molar refractivity (Wildman–Crippen MR) is 114 cm³/mol. The van der Waals surface area contributed by atoms with Crippen LogP contribution in [0.15, 0.2) is 42.6 Å². The zero-order valence-corrected chi connectivity index (χ0v) is 17.8. The van der Waals surface area contributed by atoms with E-state index in [4.69, 9.17) is 5.11 Å². The number of carbonyl (C=O) groups is 3. The van der Waals surface area contributed by atoms with Crippen molar-refractivity contribution in [1.82, 2.24) is 9.88 Å². The van der Waals surface area contributed by atoms with Crippen LogP contribution in [0.1, 0.15) is 45.7 Å². The molecule has 4 amide bonds. The largest absolute Gasteiger partial charge is 0.465 e. The molecule has 8 nitrogen and oxygen atoms in total. The van der Waals surface area contributed by atoms with Gasteiger partial charge in [0.2, 0.25) is 0 Å². The summed E-state index contributed by atoms with van der Waals surface area (Å²) in [4.78, 5) is 43.7. The number of carboxylic acid groups (broad SMARTS) is 1. The van der Waals surface area contributed by atoms with Crippen LogP contribution in [0, 0.1) is 0 Å². The molecule has 0 saturated carbocycles. The third kappa shape index (κ3) is 3.98. The van der Waals surface area contributed by atoms with E-state index < -0.39 is 17.7 Å². The number of nitrogens with one attached hydrogen (secondary N) is 1. The molecule has 1 saturated heterocycles. The fourth-order valence-corrected chi connectivity index (χ4v) is 3.37. The maximum Gasteiger partial charge on any atom is 0.410 e. The Hall–Kier alpha value is -3.42. The van der Waals surface area contributed by atoms with Gasteiger partial charge in [0.05, 0.1) is 5.69 Å². The highest BCUT2D eigenvalue weighted by Crippen LogP contribution is 2.34. The van der Waals surface area contributed by atoms with Crippen molar-refractivity contribution in [3.8, 4) is 0 Å². The van der Waals surface area contributed by atoms with E-state index in [-0.39, 0.29) is 23.7 Å². The Morgan fingerprint density at radius 2 is 1.77 bits per heavy atom. The second kappa shape index (κ2) is 7.44. The maximum absolute atomic E-state index is 13.2. The van der Waals surface area contributed by atoms with Crippen molar-refractivity contribution in [2.45, 2.75) is 52.1 Å². The van der Waals surface area contributed by atoms with Crippen molar-refractivity contribution in [2.75, 3.05) is 10.2 Å². The Morgan fingerprint density at radius 3 is 2.33 bits per heavy atom. The van der Waals surface area contributed by atoms with Gasteiger partial charge in [0.15, 0.2) is 0 Å². The maximum atomic E-state index is 13.2. The number of urea groups is 1. The van der Waals surface area contributed by atoms with E-state index >= 15 is 0 Å². The molecule has 1 aliphatic rings. The first-order valence-electron chi connectivity index (χ1n) is 9.63. The van der Waals surface area contributed by atoms with Gasteiger partial charge in [-0.2, -0.15) is 0 Å². The lowest BCUT2D eigenvalue weighted by Crippen LogP contribution is -2.43. The average Bonchev–Trinajstić information content (AvgIpc) is 2.81. The molecule has 30 heavy (non-hydrogen) atoms. The van der Waals surface area contributed by atoms with Crippen molar-refractivity contribution in [3.63, 3.8) is 0 Å². The summed E-state index contributed by atoms with van der Waals surface area (Å²) in [7, 11) is 0. The summed E-state index contributed by atoms with van der Waals surface area (Å²) in [5.41, 5.74) is 1.20. The molecule has 0 unspecified atom stereocenters. The van der Waals surface area contributed by atoms with Gasteiger partial charge in [-0.3, -0.25) is 10.1 Å². The Balaban J connectivity index is 1.88. The van der Waals surface area contributed by atoms with Crippen LogP contribution in [0.3, 0.4) is 0 Å². The minimum Gasteiger partial charge on any atom is -0.465 e. The van der Waals surface area contributed by atoms with Gasteiger partial charge in [0, 0.05) is 12.7 Å². The van der Waals surface area contributed by atoms with Crippen LogP contribution in [0.4, 0.5) is 21.1 Å². The number of aromatic nitrogens is 1. The lowest BCUT2D eigenvalue weighted by molar-refractivity contribution is -0.123. The Bertz CT molecular complexity index is 993. The van der Waals surface area contributed by atoms with Crippen molar-refractivity contribution >= 4 is 29.5 Å². The van der Waals surface area contributed by atoms with E-state index in [9.17, 15) is 14.4 Å². The number of nitrogens with zero attached hydrogens (tertiary/aromatic N) is 3. The van der Waals surface area contributed by atoms with Gasteiger partial charge in [0.25, 0.3) is 5.91 Å². The van der Waals surface area contributed by atoms with Crippen LogP contribution in [0.2, 0.25) is 0 Å². The predicted octanol–water partition coefficient (Wildman–Crippen LogP) is 4.22. The number of hydrogen-bond donors (Lipinski definition) is 2. The third-order valence-corrected chi connectivity index (χ3v) is 5.22. The number of imide groups is 1. The molecule has 0 atom stereocenters. The smallest absolute Gasteiger partial charge is 0.410 e. The summed E-state index contributed by atoms with van der Waals surface area (Å²) in [5.74, 6) is -0.153. The summed E-state index contributed by atoms with van der Waals surface area (Å²) in [6.45, 7) is 9.84. The average molecular weight is 410 g/mol. The number of hydrogen-bond acceptors (Lipinski definition) is 4. The number of benzene rings is 1. The van der Waals surface area contributed by atoms with Gasteiger partial charge in [-0.1, -0.05) is 32.9 Å². The monoisotopic (exact) mass is 410 g/mol. The minimum absolute atomic E-state index is 0.0358. The second-order valence-corrected chi connectivity index (χ2v) is 8.84. The molecule has 1 aliphatic heterocycles. The van der Waals surface area contributed by atoms with Gasteiger partial charge in [-0.15, -0.1) is 0 Å². The lowest BCUT2D eigenvalue weighted by atomic mass is 9.87. The Morgan fingerprint density at radius 1 is 1.13 bits per heavy atom. The highest BCUT2D eigenvalue weighted by molar-refractivity contribution is 6.22. The first-order valence-corrected chi connectivity index (χ1v) is 9.63.